The van der Waals surface area contributed by atoms with Gasteiger partial charge in [-0.05, 0) is 33.6 Å². The molecular formula is C16H14Br2FNO. The van der Waals surface area contributed by atoms with E-state index in [1.807, 2.05) is 30.3 Å². The van der Waals surface area contributed by atoms with Crippen molar-refractivity contribution in [2.24, 2.45) is 0 Å². The predicted octanol–water partition coefficient (Wildman–Crippen LogP) is 4.63. The van der Waals surface area contributed by atoms with Crippen LogP contribution in [0.4, 0.5) is 4.39 Å². The zero-order valence-corrected chi connectivity index (χ0v) is 14.4. The number of hydrogen-bond donors (Lipinski definition) is 0. The van der Waals surface area contributed by atoms with Crippen molar-refractivity contribution >= 4 is 37.8 Å². The molecule has 0 aliphatic carbocycles. The highest BCUT2D eigenvalue weighted by atomic mass is 79.9. The minimum Gasteiger partial charge on any atom is -0.333 e. The molecule has 1 amide bonds. The van der Waals surface area contributed by atoms with Gasteiger partial charge in [-0.1, -0.05) is 52.3 Å². The maximum atomic E-state index is 14.0. The van der Waals surface area contributed by atoms with Gasteiger partial charge in [0, 0.05) is 22.9 Å². The summed E-state index contributed by atoms with van der Waals surface area (Å²) in [6.07, 6.45) is 0. The molecule has 0 radical (unpaired) electrons. The molecule has 21 heavy (non-hydrogen) atoms. The lowest BCUT2D eigenvalue weighted by Gasteiger charge is -2.22. The Morgan fingerprint density at radius 2 is 1.81 bits per heavy atom. The lowest BCUT2D eigenvalue weighted by Crippen LogP contribution is -2.33. The highest BCUT2D eigenvalue weighted by Gasteiger charge is 2.21. The topological polar surface area (TPSA) is 20.3 Å². The van der Waals surface area contributed by atoms with Gasteiger partial charge >= 0.3 is 0 Å². The molecule has 0 fully saturated rings. The van der Waals surface area contributed by atoms with Crippen molar-refractivity contribution in [2.75, 3.05) is 11.9 Å². The van der Waals surface area contributed by atoms with Crippen molar-refractivity contribution in [1.29, 1.82) is 0 Å². The van der Waals surface area contributed by atoms with Crippen LogP contribution in [0.15, 0.2) is 53.0 Å². The first-order valence-electron chi connectivity index (χ1n) is 6.46. The Morgan fingerprint density at radius 3 is 2.43 bits per heavy atom. The van der Waals surface area contributed by atoms with Gasteiger partial charge < -0.3 is 4.90 Å². The highest BCUT2D eigenvalue weighted by molar-refractivity contribution is 9.10. The smallest absolute Gasteiger partial charge is 0.258 e. The maximum absolute atomic E-state index is 14.0. The number of rotatable bonds is 5. The quantitative estimate of drug-likeness (QED) is 0.653. The second kappa shape index (κ2) is 7.71. The molecule has 0 saturated heterocycles. The first-order valence-corrected chi connectivity index (χ1v) is 8.38. The normalized spacial score (nSPS) is 10.4. The number of amides is 1. The van der Waals surface area contributed by atoms with Crippen molar-refractivity contribution in [3.05, 3.63) is 69.9 Å². The van der Waals surface area contributed by atoms with E-state index in [1.165, 1.54) is 6.07 Å². The molecule has 2 rings (SSSR count). The van der Waals surface area contributed by atoms with E-state index in [9.17, 15) is 9.18 Å². The molecule has 0 N–H and O–H groups in total. The van der Waals surface area contributed by atoms with E-state index in [0.29, 0.717) is 22.9 Å². The van der Waals surface area contributed by atoms with Gasteiger partial charge in [-0.15, -0.1) is 0 Å². The van der Waals surface area contributed by atoms with Gasteiger partial charge in [-0.3, -0.25) is 4.79 Å². The maximum Gasteiger partial charge on any atom is 0.258 e. The molecule has 0 aliphatic heterocycles. The van der Waals surface area contributed by atoms with Gasteiger partial charge in [-0.2, -0.15) is 0 Å². The molecule has 0 heterocycles. The molecule has 2 aromatic carbocycles. The van der Waals surface area contributed by atoms with Gasteiger partial charge in [-0.25, -0.2) is 4.39 Å². The average Bonchev–Trinajstić information content (AvgIpc) is 2.47. The van der Waals surface area contributed by atoms with Crippen LogP contribution in [0.3, 0.4) is 0 Å². The van der Waals surface area contributed by atoms with Gasteiger partial charge in [0.1, 0.15) is 5.82 Å². The Kier molecular flexibility index (Phi) is 5.94. The minimum absolute atomic E-state index is 0.0781. The molecule has 0 atom stereocenters. The van der Waals surface area contributed by atoms with Crippen LogP contribution in [0.1, 0.15) is 15.9 Å². The van der Waals surface area contributed by atoms with Crippen LogP contribution in [0, 0.1) is 5.82 Å². The van der Waals surface area contributed by atoms with Gasteiger partial charge in [0.25, 0.3) is 5.91 Å². The summed E-state index contributed by atoms with van der Waals surface area (Å²) < 4.78 is 14.4. The van der Waals surface area contributed by atoms with Crippen molar-refractivity contribution in [3.8, 4) is 0 Å². The summed E-state index contributed by atoms with van der Waals surface area (Å²) in [6, 6.07) is 14.2. The Hall–Kier alpha value is -1.20. The number of halogens is 3. The first kappa shape index (κ1) is 16.2. The van der Waals surface area contributed by atoms with Crippen LogP contribution >= 0.6 is 31.9 Å². The van der Waals surface area contributed by atoms with E-state index in [2.05, 4.69) is 31.9 Å². The fraction of sp³-hybridized carbons (Fsp3) is 0.188. The largest absolute Gasteiger partial charge is 0.333 e. The SMILES string of the molecule is O=C(c1c(F)cccc1Br)N(CCBr)Cc1ccccc1. The number of alkyl halides is 1. The number of carbonyl (C=O) groups is 1. The zero-order chi connectivity index (χ0) is 15.2. The van der Waals surface area contributed by atoms with Gasteiger partial charge in [0.2, 0.25) is 0 Å². The molecule has 2 nitrogen and oxygen atoms in total. The van der Waals surface area contributed by atoms with Gasteiger partial charge in [0.05, 0.1) is 5.56 Å². The number of carbonyl (C=O) groups excluding carboxylic acids is 1. The monoisotopic (exact) mass is 413 g/mol. The molecule has 0 saturated carbocycles. The van der Waals surface area contributed by atoms with E-state index in [0.717, 1.165) is 5.56 Å². The summed E-state index contributed by atoms with van der Waals surface area (Å²) in [6.45, 7) is 0.959. The molecule has 5 heteroatoms. The summed E-state index contributed by atoms with van der Waals surface area (Å²) in [5, 5.41) is 0.637. The predicted molar refractivity (Wildman–Crippen MR) is 89.1 cm³/mol. The summed E-state index contributed by atoms with van der Waals surface area (Å²) >= 11 is 6.60. The third kappa shape index (κ3) is 4.14. The van der Waals surface area contributed by atoms with Crippen LogP contribution in [0.2, 0.25) is 0 Å². The van der Waals surface area contributed by atoms with Crippen molar-refractivity contribution in [3.63, 3.8) is 0 Å². The Morgan fingerprint density at radius 1 is 1.10 bits per heavy atom. The van der Waals surface area contributed by atoms with E-state index >= 15 is 0 Å². The van der Waals surface area contributed by atoms with Crippen molar-refractivity contribution < 1.29 is 9.18 Å². The van der Waals surface area contributed by atoms with Crippen molar-refractivity contribution in [2.45, 2.75) is 6.54 Å². The minimum atomic E-state index is -0.512. The van der Waals surface area contributed by atoms with Gasteiger partial charge in [0.15, 0.2) is 0 Å². The number of nitrogens with zero attached hydrogens (tertiary/aromatic N) is 1. The average molecular weight is 415 g/mol. The molecular weight excluding hydrogens is 401 g/mol. The standard InChI is InChI=1S/C16H14Br2FNO/c17-9-10-20(11-12-5-2-1-3-6-12)16(21)15-13(18)7-4-8-14(15)19/h1-8H,9-11H2. The van der Waals surface area contributed by atoms with Crippen LogP contribution in [-0.2, 0) is 6.54 Å². The van der Waals surface area contributed by atoms with E-state index in [4.69, 9.17) is 0 Å². The van der Waals surface area contributed by atoms with Crippen LogP contribution in [0.25, 0.3) is 0 Å². The second-order valence-electron chi connectivity index (χ2n) is 4.50. The lowest BCUT2D eigenvalue weighted by molar-refractivity contribution is 0.0749. The van der Waals surface area contributed by atoms with Crippen molar-refractivity contribution in [1.82, 2.24) is 4.90 Å². The summed E-state index contributed by atoms with van der Waals surface area (Å²) in [5.41, 5.74) is 1.09. The molecule has 0 bridgehead atoms. The third-order valence-corrected chi connectivity index (χ3v) is 4.05. The Labute approximate surface area is 140 Å². The molecule has 110 valence electrons. The Balaban J connectivity index is 2.27. The summed E-state index contributed by atoms with van der Waals surface area (Å²) in [5.74, 6) is -0.828. The third-order valence-electron chi connectivity index (χ3n) is 3.03. The van der Waals surface area contributed by atoms with E-state index in [1.54, 1.807) is 17.0 Å². The second-order valence-corrected chi connectivity index (χ2v) is 6.15. The zero-order valence-electron chi connectivity index (χ0n) is 11.2. The van der Waals surface area contributed by atoms with Crippen LogP contribution in [-0.4, -0.2) is 22.7 Å². The molecule has 0 unspecified atom stereocenters. The Bertz CT molecular complexity index is 599. The van der Waals surface area contributed by atoms with E-state index in [-0.39, 0.29) is 11.5 Å². The number of benzene rings is 2. The molecule has 0 aromatic heterocycles. The summed E-state index contributed by atoms with van der Waals surface area (Å²) in [7, 11) is 0. The molecule has 2 aromatic rings. The van der Waals surface area contributed by atoms with Crippen LogP contribution < -0.4 is 0 Å². The molecule has 0 spiro atoms. The first-order chi connectivity index (χ1) is 10.1. The van der Waals surface area contributed by atoms with E-state index < -0.39 is 5.82 Å². The number of hydrogen-bond acceptors (Lipinski definition) is 1. The van der Waals surface area contributed by atoms with Crippen LogP contribution in [0.5, 0.6) is 0 Å². The molecule has 0 aliphatic rings. The summed E-state index contributed by atoms with van der Waals surface area (Å²) in [4.78, 5) is 14.2. The fourth-order valence-electron chi connectivity index (χ4n) is 2.02. The fourth-order valence-corrected chi connectivity index (χ4v) is 2.96. The highest BCUT2D eigenvalue weighted by Crippen LogP contribution is 2.22. The lowest BCUT2D eigenvalue weighted by atomic mass is 10.1.